The Morgan fingerprint density at radius 3 is 2.37 bits per heavy atom. The molecular weight excluding hydrogens is 243 g/mol. The highest BCUT2D eigenvalue weighted by atomic mass is 19.1. The fraction of sp³-hybridized carbons (Fsp3) is 0.429. The molecule has 0 aliphatic heterocycles. The van der Waals surface area contributed by atoms with Crippen molar-refractivity contribution in [2.75, 3.05) is 12.8 Å². The third kappa shape index (κ3) is 4.35. The Kier molecular flexibility index (Phi) is 5.48. The minimum atomic E-state index is -0.354. The molecule has 2 rings (SSSR count). The van der Waals surface area contributed by atoms with Crippen LogP contribution in [0, 0.1) is 28.5 Å². The van der Waals surface area contributed by atoms with Gasteiger partial charge in [0.1, 0.15) is 11.7 Å². The van der Waals surface area contributed by atoms with Crippen molar-refractivity contribution in [3.63, 3.8) is 0 Å². The molecule has 1 fully saturated rings. The zero-order valence-corrected chi connectivity index (χ0v) is 11.4. The van der Waals surface area contributed by atoms with E-state index in [1.54, 1.807) is 24.1 Å². The first-order valence-corrected chi connectivity index (χ1v) is 6.27. The molecule has 0 aromatic heterocycles. The standard InChI is InChI=1S/C8H15N3.C6H6FN/c1-6-3-7(4-6)8(10)11(2)5-9;7-5-3-1-2-4-6(5)8/h5-7,9-10H,3-4H2,1-2H3;1-4H,8H2. The van der Waals surface area contributed by atoms with Crippen molar-refractivity contribution in [2.24, 2.45) is 11.8 Å². The van der Waals surface area contributed by atoms with Gasteiger partial charge in [-0.25, -0.2) is 4.39 Å². The second-order valence-electron chi connectivity index (χ2n) is 4.92. The highest BCUT2D eigenvalue weighted by Crippen LogP contribution is 2.33. The van der Waals surface area contributed by atoms with E-state index in [0.29, 0.717) is 11.8 Å². The molecule has 0 spiro atoms. The van der Waals surface area contributed by atoms with Crippen molar-refractivity contribution < 1.29 is 4.39 Å². The van der Waals surface area contributed by atoms with Gasteiger partial charge in [0.25, 0.3) is 0 Å². The molecule has 4 nitrogen and oxygen atoms in total. The van der Waals surface area contributed by atoms with Crippen molar-refractivity contribution in [3.8, 4) is 0 Å². The van der Waals surface area contributed by atoms with Crippen molar-refractivity contribution in [1.82, 2.24) is 4.90 Å². The molecule has 104 valence electrons. The predicted molar refractivity (Wildman–Crippen MR) is 77.0 cm³/mol. The molecule has 0 bridgehead atoms. The summed E-state index contributed by atoms with van der Waals surface area (Å²) >= 11 is 0. The normalized spacial score (nSPS) is 20.6. The van der Waals surface area contributed by atoms with Crippen LogP contribution in [0.15, 0.2) is 24.3 Å². The van der Waals surface area contributed by atoms with Gasteiger partial charge in [0.2, 0.25) is 0 Å². The number of nitrogens with one attached hydrogen (secondary N) is 2. The van der Waals surface area contributed by atoms with E-state index in [0.717, 1.165) is 18.8 Å². The number of anilines is 1. The number of nitrogens with zero attached hydrogens (tertiary/aromatic N) is 1. The van der Waals surface area contributed by atoms with Crippen LogP contribution in [0.2, 0.25) is 0 Å². The van der Waals surface area contributed by atoms with Crippen molar-refractivity contribution in [2.45, 2.75) is 19.8 Å². The summed E-state index contributed by atoms with van der Waals surface area (Å²) in [6.45, 7) is 2.20. The molecule has 0 atom stereocenters. The van der Waals surface area contributed by atoms with Crippen LogP contribution in [0.25, 0.3) is 0 Å². The van der Waals surface area contributed by atoms with Crippen molar-refractivity contribution in [1.29, 1.82) is 10.8 Å². The fourth-order valence-corrected chi connectivity index (χ4v) is 1.96. The van der Waals surface area contributed by atoms with Gasteiger partial charge in [-0.15, -0.1) is 0 Å². The van der Waals surface area contributed by atoms with Crippen molar-refractivity contribution in [3.05, 3.63) is 30.1 Å². The zero-order valence-electron chi connectivity index (χ0n) is 11.4. The summed E-state index contributed by atoms with van der Waals surface area (Å²) < 4.78 is 12.2. The summed E-state index contributed by atoms with van der Waals surface area (Å²) in [5, 5.41) is 14.6. The lowest BCUT2D eigenvalue weighted by atomic mass is 9.75. The zero-order chi connectivity index (χ0) is 14.4. The molecule has 1 saturated carbocycles. The third-order valence-electron chi connectivity index (χ3n) is 3.24. The van der Waals surface area contributed by atoms with Gasteiger partial charge in [0.15, 0.2) is 0 Å². The van der Waals surface area contributed by atoms with E-state index >= 15 is 0 Å². The second kappa shape index (κ2) is 6.87. The molecular formula is C14H21FN4. The van der Waals surface area contributed by atoms with Crippen LogP contribution in [-0.2, 0) is 0 Å². The van der Waals surface area contributed by atoms with E-state index in [2.05, 4.69) is 6.92 Å². The molecule has 1 aromatic rings. The lowest BCUT2D eigenvalue weighted by Gasteiger charge is -2.35. The minimum Gasteiger partial charge on any atom is -0.396 e. The number of benzene rings is 1. The number of hydrogen-bond donors (Lipinski definition) is 3. The molecule has 1 aliphatic carbocycles. The van der Waals surface area contributed by atoms with Crippen LogP contribution >= 0.6 is 0 Å². The quantitative estimate of drug-likeness (QED) is 0.436. The average Bonchev–Trinajstić information content (AvgIpc) is 2.37. The lowest BCUT2D eigenvalue weighted by molar-refractivity contribution is 0.269. The van der Waals surface area contributed by atoms with E-state index in [1.807, 2.05) is 0 Å². The molecule has 0 saturated heterocycles. The number of para-hydroxylation sites is 1. The maximum Gasteiger partial charge on any atom is 0.146 e. The summed E-state index contributed by atoms with van der Waals surface area (Å²) in [4.78, 5) is 1.58. The fourth-order valence-electron chi connectivity index (χ4n) is 1.96. The van der Waals surface area contributed by atoms with Gasteiger partial charge >= 0.3 is 0 Å². The van der Waals surface area contributed by atoms with E-state index in [9.17, 15) is 4.39 Å². The molecule has 0 amide bonds. The SMILES string of the molecule is CC1CC(C(=N)N(C)C=N)C1.Nc1ccccc1F. The maximum absolute atomic E-state index is 12.2. The minimum absolute atomic E-state index is 0.201. The Balaban J connectivity index is 0.000000200. The second-order valence-corrected chi connectivity index (χ2v) is 4.92. The monoisotopic (exact) mass is 264 g/mol. The predicted octanol–water partition coefficient (Wildman–Crippen LogP) is 2.96. The largest absolute Gasteiger partial charge is 0.396 e. The van der Waals surface area contributed by atoms with Crippen LogP contribution in [-0.4, -0.2) is 24.1 Å². The van der Waals surface area contributed by atoms with Crippen molar-refractivity contribution >= 4 is 17.9 Å². The number of halogens is 1. The van der Waals surface area contributed by atoms with Gasteiger partial charge < -0.3 is 10.6 Å². The molecule has 1 aliphatic rings. The molecule has 1 aromatic carbocycles. The Bertz CT molecular complexity index is 420. The smallest absolute Gasteiger partial charge is 0.146 e. The number of rotatable bonds is 2. The first-order chi connectivity index (χ1) is 8.95. The summed E-state index contributed by atoms with van der Waals surface area (Å²) in [6.07, 6.45) is 3.44. The molecule has 0 unspecified atom stereocenters. The van der Waals surface area contributed by atoms with Crippen LogP contribution in [0.1, 0.15) is 19.8 Å². The first-order valence-electron chi connectivity index (χ1n) is 6.27. The Labute approximate surface area is 113 Å². The van der Waals surface area contributed by atoms with E-state index in [1.165, 1.54) is 18.5 Å². The van der Waals surface area contributed by atoms with Gasteiger partial charge in [0.05, 0.1) is 12.0 Å². The highest BCUT2D eigenvalue weighted by Gasteiger charge is 2.30. The molecule has 19 heavy (non-hydrogen) atoms. The average molecular weight is 264 g/mol. The Morgan fingerprint density at radius 1 is 1.42 bits per heavy atom. The summed E-state index contributed by atoms with van der Waals surface area (Å²) in [7, 11) is 1.76. The van der Waals surface area contributed by atoms with Crippen LogP contribution < -0.4 is 5.73 Å². The number of hydrogen-bond acceptors (Lipinski definition) is 3. The van der Waals surface area contributed by atoms with Gasteiger partial charge in [0, 0.05) is 13.0 Å². The summed E-state index contributed by atoms with van der Waals surface area (Å²) in [6, 6.07) is 6.15. The third-order valence-corrected chi connectivity index (χ3v) is 3.24. The van der Waals surface area contributed by atoms with E-state index in [4.69, 9.17) is 16.6 Å². The summed E-state index contributed by atoms with van der Waals surface area (Å²) in [5.41, 5.74) is 5.35. The molecule has 4 N–H and O–H groups in total. The number of amidine groups is 1. The molecule has 0 heterocycles. The Hall–Kier alpha value is -1.91. The van der Waals surface area contributed by atoms with Crippen LogP contribution in [0.3, 0.4) is 0 Å². The molecule has 5 heteroatoms. The van der Waals surface area contributed by atoms with Crippen LogP contribution in [0.5, 0.6) is 0 Å². The topological polar surface area (TPSA) is 77.0 Å². The number of nitrogen functional groups attached to an aromatic ring is 1. The van der Waals surface area contributed by atoms with E-state index < -0.39 is 0 Å². The van der Waals surface area contributed by atoms with Gasteiger partial charge in [-0.2, -0.15) is 0 Å². The van der Waals surface area contributed by atoms with E-state index in [-0.39, 0.29) is 11.5 Å². The molecule has 0 radical (unpaired) electrons. The lowest BCUT2D eigenvalue weighted by Crippen LogP contribution is -2.37. The van der Waals surface area contributed by atoms with Crippen LogP contribution in [0.4, 0.5) is 10.1 Å². The van der Waals surface area contributed by atoms with Gasteiger partial charge in [-0.3, -0.25) is 10.8 Å². The highest BCUT2D eigenvalue weighted by molar-refractivity contribution is 5.90. The number of nitrogens with two attached hydrogens (primary N) is 1. The van der Waals surface area contributed by atoms with Gasteiger partial charge in [-0.05, 0) is 30.9 Å². The Morgan fingerprint density at radius 2 is 2.00 bits per heavy atom. The first kappa shape index (κ1) is 15.1. The maximum atomic E-state index is 12.2. The van der Waals surface area contributed by atoms with Gasteiger partial charge in [-0.1, -0.05) is 19.1 Å². The summed E-state index contributed by atoms with van der Waals surface area (Å²) in [5.74, 6) is 1.43.